The molecule has 0 aliphatic carbocycles. The number of likely N-dealkylation sites (N-methyl/N-ethyl adjacent to an activating group) is 1. The molecule has 0 fully saturated rings. The van der Waals surface area contributed by atoms with Crippen LogP contribution < -0.4 is 5.32 Å². The lowest BCUT2D eigenvalue weighted by molar-refractivity contribution is 0.421. The molecule has 1 heterocycles. The second-order valence-electron chi connectivity index (χ2n) is 3.79. The molecule has 1 aromatic rings. The van der Waals surface area contributed by atoms with Gasteiger partial charge in [0.05, 0.1) is 0 Å². The van der Waals surface area contributed by atoms with Crippen molar-refractivity contribution in [1.29, 1.82) is 0 Å². The third-order valence-corrected chi connectivity index (χ3v) is 2.60. The minimum atomic E-state index is -0.0317. The van der Waals surface area contributed by atoms with E-state index in [0.29, 0.717) is 10.3 Å². The molecule has 0 atom stereocenters. The van der Waals surface area contributed by atoms with Crippen LogP contribution in [-0.4, -0.2) is 22.8 Å². The van der Waals surface area contributed by atoms with Gasteiger partial charge in [0.1, 0.15) is 0 Å². The van der Waals surface area contributed by atoms with Gasteiger partial charge in [0.2, 0.25) is 0 Å². The van der Waals surface area contributed by atoms with Crippen LogP contribution in [0.1, 0.15) is 19.4 Å². The monoisotopic (exact) mass is 233 g/mol. The molecule has 0 bridgehead atoms. The van der Waals surface area contributed by atoms with Crippen molar-refractivity contribution in [2.24, 2.45) is 0 Å². The van der Waals surface area contributed by atoms with Crippen LogP contribution in [0.25, 0.3) is 0 Å². The third kappa shape index (κ3) is 3.08. The van der Waals surface area contributed by atoms with E-state index in [1.807, 2.05) is 7.05 Å². The fraction of sp³-hybridized carbons (Fsp3) is 0.556. The molecule has 1 N–H and O–H groups in total. The van der Waals surface area contributed by atoms with E-state index < -0.39 is 0 Å². The van der Waals surface area contributed by atoms with Crippen LogP contribution in [0.5, 0.6) is 0 Å². The molecule has 0 saturated carbocycles. The van der Waals surface area contributed by atoms with Gasteiger partial charge in [0.15, 0.2) is 10.3 Å². The van der Waals surface area contributed by atoms with Gasteiger partial charge in [-0.25, -0.2) is 0 Å². The van der Waals surface area contributed by atoms with E-state index in [2.05, 4.69) is 29.4 Å². The van der Waals surface area contributed by atoms with Crippen LogP contribution >= 0.6 is 23.2 Å². The van der Waals surface area contributed by atoms with Gasteiger partial charge < -0.3 is 5.32 Å². The Hall–Kier alpha value is -0.380. The Labute approximate surface area is 93.8 Å². The number of halogens is 2. The van der Waals surface area contributed by atoms with Crippen molar-refractivity contribution >= 4 is 23.2 Å². The summed E-state index contributed by atoms with van der Waals surface area (Å²) in [5.41, 5.74) is 0.877. The summed E-state index contributed by atoms with van der Waals surface area (Å²) in [5.74, 6) is 0. The highest BCUT2D eigenvalue weighted by Crippen LogP contribution is 2.20. The number of rotatable bonds is 3. The highest BCUT2D eigenvalue weighted by atomic mass is 35.5. The van der Waals surface area contributed by atoms with Crippen molar-refractivity contribution in [2.75, 3.05) is 7.05 Å². The van der Waals surface area contributed by atoms with Gasteiger partial charge in [-0.2, -0.15) is 0 Å². The van der Waals surface area contributed by atoms with Crippen LogP contribution in [0.2, 0.25) is 10.3 Å². The molecule has 0 radical (unpaired) electrons. The van der Waals surface area contributed by atoms with Gasteiger partial charge in [-0.15, -0.1) is 10.2 Å². The van der Waals surface area contributed by atoms with Crippen molar-refractivity contribution in [3.8, 4) is 0 Å². The highest BCUT2D eigenvalue weighted by molar-refractivity contribution is 6.31. The number of nitrogens with zero attached hydrogens (tertiary/aromatic N) is 2. The Kier molecular flexibility index (Phi) is 3.70. The summed E-state index contributed by atoms with van der Waals surface area (Å²) < 4.78 is 0. The van der Waals surface area contributed by atoms with Gasteiger partial charge in [-0.1, -0.05) is 23.2 Å². The van der Waals surface area contributed by atoms with Gasteiger partial charge in [-0.3, -0.25) is 0 Å². The smallest absolute Gasteiger partial charge is 0.155 e. The molecule has 0 aliphatic rings. The summed E-state index contributed by atoms with van der Waals surface area (Å²) in [6, 6.07) is 1.75. The minimum Gasteiger partial charge on any atom is -0.314 e. The molecule has 5 heteroatoms. The molecule has 0 aliphatic heterocycles. The molecular weight excluding hydrogens is 221 g/mol. The molecule has 0 spiro atoms. The van der Waals surface area contributed by atoms with Crippen molar-refractivity contribution in [3.05, 3.63) is 21.9 Å². The van der Waals surface area contributed by atoms with E-state index in [0.717, 1.165) is 12.0 Å². The maximum absolute atomic E-state index is 5.90. The zero-order valence-corrected chi connectivity index (χ0v) is 9.95. The van der Waals surface area contributed by atoms with Crippen LogP contribution in [0.3, 0.4) is 0 Å². The lowest BCUT2D eigenvalue weighted by Gasteiger charge is -2.24. The van der Waals surface area contributed by atoms with E-state index >= 15 is 0 Å². The molecule has 3 nitrogen and oxygen atoms in total. The largest absolute Gasteiger partial charge is 0.314 e. The normalized spacial score (nSPS) is 11.8. The minimum absolute atomic E-state index is 0.0317. The molecule has 0 unspecified atom stereocenters. The summed E-state index contributed by atoms with van der Waals surface area (Å²) in [5, 5.41) is 11.4. The van der Waals surface area contributed by atoms with Crippen LogP contribution in [0.15, 0.2) is 6.07 Å². The first-order chi connectivity index (χ1) is 6.44. The van der Waals surface area contributed by atoms with Crippen molar-refractivity contribution in [3.63, 3.8) is 0 Å². The molecule has 1 rings (SSSR count). The molecule has 78 valence electrons. The van der Waals surface area contributed by atoms with Gasteiger partial charge in [0, 0.05) is 5.54 Å². The lowest BCUT2D eigenvalue weighted by atomic mass is 9.96. The predicted molar refractivity (Wildman–Crippen MR) is 58.9 cm³/mol. The van der Waals surface area contributed by atoms with Gasteiger partial charge in [-0.05, 0) is 38.9 Å². The maximum atomic E-state index is 5.90. The van der Waals surface area contributed by atoms with E-state index in [4.69, 9.17) is 23.2 Å². The van der Waals surface area contributed by atoms with Gasteiger partial charge >= 0.3 is 0 Å². The van der Waals surface area contributed by atoms with E-state index in [-0.39, 0.29) is 5.54 Å². The zero-order chi connectivity index (χ0) is 10.8. The van der Waals surface area contributed by atoms with E-state index in [9.17, 15) is 0 Å². The Morgan fingerprint density at radius 1 is 1.36 bits per heavy atom. The maximum Gasteiger partial charge on any atom is 0.155 e. The molecule has 0 aromatic carbocycles. The first-order valence-corrected chi connectivity index (χ1v) is 5.07. The summed E-state index contributed by atoms with van der Waals surface area (Å²) >= 11 is 11.6. The van der Waals surface area contributed by atoms with Crippen LogP contribution in [-0.2, 0) is 6.42 Å². The topological polar surface area (TPSA) is 37.8 Å². The fourth-order valence-corrected chi connectivity index (χ4v) is 1.41. The number of aromatic nitrogens is 2. The van der Waals surface area contributed by atoms with Crippen molar-refractivity contribution < 1.29 is 0 Å². The van der Waals surface area contributed by atoms with E-state index in [1.165, 1.54) is 0 Å². The second-order valence-corrected chi connectivity index (χ2v) is 4.54. The highest BCUT2D eigenvalue weighted by Gasteiger charge is 2.18. The number of hydrogen-bond donors (Lipinski definition) is 1. The molecular formula is C9H13Cl2N3. The SMILES string of the molecule is CNC(C)(C)Cc1cc(Cl)nnc1Cl. The quantitative estimate of drug-likeness (QED) is 0.872. The Morgan fingerprint density at radius 2 is 2.00 bits per heavy atom. The first kappa shape index (κ1) is 11.7. The number of nitrogens with one attached hydrogen (secondary N) is 1. The zero-order valence-electron chi connectivity index (χ0n) is 8.43. The Bertz CT molecular complexity index is 326. The van der Waals surface area contributed by atoms with Crippen LogP contribution in [0, 0.1) is 0 Å². The average molecular weight is 234 g/mol. The summed E-state index contributed by atoms with van der Waals surface area (Å²) in [6.45, 7) is 4.16. The van der Waals surface area contributed by atoms with Crippen molar-refractivity contribution in [2.45, 2.75) is 25.8 Å². The number of hydrogen-bond acceptors (Lipinski definition) is 3. The lowest BCUT2D eigenvalue weighted by Crippen LogP contribution is -2.38. The predicted octanol–water partition coefficient (Wildman–Crippen LogP) is 2.32. The fourth-order valence-electron chi connectivity index (χ4n) is 1.08. The Morgan fingerprint density at radius 3 is 2.57 bits per heavy atom. The summed E-state index contributed by atoms with van der Waals surface area (Å²) in [6.07, 6.45) is 0.761. The summed E-state index contributed by atoms with van der Waals surface area (Å²) in [7, 11) is 1.91. The summed E-state index contributed by atoms with van der Waals surface area (Å²) in [4.78, 5) is 0. The molecule has 1 aromatic heterocycles. The van der Waals surface area contributed by atoms with Gasteiger partial charge in [0.25, 0.3) is 0 Å². The second kappa shape index (κ2) is 4.43. The molecule has 0 amide bonds. The Balaban J connectivity index is 2.91. The third-order valence-electron chi connectivity index (χ3n) is 2.10. The van der Waals surface area contributed by atoms with E-state index in [1.54, 1.807) is 6.07 Å². The average Bonchev–Trinajstić information content (AvgIpc) is 2.11. The van der Waals surface area contributed by atoms with Crippen molar-refractivity contribution in [1.82, 2.24) is 15.5 Å². The molecule has 14 heavy (non-hydrogen) atoms. The van der Waals surface area contributed by atoms with Crippen LogP contribution in [0.4, 0.5) is 0 Å². The molecule has 0 saturated heterocycles. The standard InChI is InChI=1S/C9H13Cl2N3/c1-9(2,12-3)5-6-4-7(10)13-14-8(6)11/h4,12H,5H2,1-3H3. The first-order valence-electron chi connectivity index (χ1n) is 4.31.